The normalized spacial score (nSPS) is 9.91. The number of benzene rings is 1. The molecule has 0 aliphatic carbocycles. The lowest BCUT2D eigenvalue weighted by Crippen LogP contribution is -2.21. The smallest absolute Gasteiger partial charge is 0.179 e. The van der Waals surface area contributed by atoms with Crippen molar-refractivity contribution in [3.63, 3.8) is 0 Å². The minimum Gasteiger partial charge on any atom is -0.493 e. The quantitative estimate of drug-likeness (QED) is 0.670. The van der Waals surface area contributed by atoms with E-state index in [1.54, 1.807) is 7.11 Å². The monoisotopic (exact) mass is 372 g/mol. The van der Waals surface area contributed by atoms with Crippen molar-refractivity contribution in [2.45, 2.75) is 19.9 Å². The van der Waals surface area contributed by atoms with Gasteiger partial charge in [-0.15, -0.1) is 24.8 Å². The summed E-state index contributed by atoms with van der Waals surface area (Å²) in [6.45, 7) is 5.33. The lowest BCUT2D eigenvalue weighted by Gasteiger charge is -2.14. The Hall–Kier alpha value is -0.390. The maximum absolute atomic E-state index is 6.23. The largest absolute Gasteiger partial charge is 0.493 e. The van der Waals surface area contributed by atoms with Gasteiger partial charge in [0.15, 0.2) is 11.5 Å². The summed E-state index contributed by atoms with van der Waals surface area (Å²) in [4.78, 5) is 2.18. The molecule has 4 nitrogen and oxygen atoms in total. The Balaban J connectivity index is 0. The predicted molar refractivity (Wildman–Crippen MR) is 98.5 cm³/mol. The summed E-state index contributed by atoms with van der Waals surface area (Å²) in [6.07, 6.45) is 1.12. The molecule has 0 radical (unpaired) electrons. The molecule has 0 aliphatic heterocycles. The van der Waals surface area contributed by atoms with Gasteiger partial charge in [0.2, 0.25) is 0 Å². The van der Waals surface area contributed by atoms with Gasteiger partial charge in [0.25, 0.3) is 0 Å². The third-order valence-electron chi connectivity index (χ3n) is 2.87. The molecule has 130 valence electrons. The van der Waals surface area contributed by atoms with Crippen LogP contribution in [0.1, 0.15) is 18.9 Å². The Labute approximate surface area is 151 Å². The van der Waals surface area contributed by atoms with Crippen LogP contribution in [-0.2, 0) is 6.54 Å². The summed E-state index contributed by atoms with van der Waals surface area (Å²) in [5.41, 5.74) is 1.10. The van der Waals surface area contributed by atoms with Gasteiger partial charge in [-0.1, -0.05) is 11.6 Å². The first-order valence-corrected chi connectivity index (χ1v) is 7.31. The van der Waals surface area contributed by atoms with E-state index in [4.69, 9.17) is 21.1 Å². The first-order chi connectivity index (χ1) is 9.58. The number of rotatable bonds is 9. The van der Waals surface area contributed by atoms with E-state index >= 15 is 0 Å². The standard InChI is InChI=1S/C15H25ClN2O2.2ClH/c1-5-20-15-13(16)9-12(10-14(15)19-4)11-17-7-6-8-18(2)3;;/h9-10,17H,5-8,11H2,1-4H3;2*1H. The van der Waals surface area contributed by atoms with Crippen LogP contribution in [0.5, 0.6) is 11.5 Å². The summed E-state index contributed by atoms with van der Waals surface area (Å²) in [5, 5.41) is 4.00. The van der Waals surface area contributed by atoms with Crippen LogP contribution in [0.4, 0.5) is 0 Å². The molecular formula is C15H27Cl3N2O2. The minimum atomic E-state index is 0. The van der Waals surface area contributed by atoms with Gasteiger partial charge in [0.1, 0.15) is 0 Å². The van der Waals surface area contributed by atoms with Gasteiger partial charge in [0.05, 0.1) is 18.7 Å². The van der Waals surface area contributed by atoms with Crippen molar-refractivity contribution in [1.82, 2.24) is 10.2 Å². The van der Waals surface area contributed by atoms with Crippen LogP contribution in [-0.4, -0.2) is 45.8 Å². The average Bonchev–Trinajstić information content (AvgIpc) is 2.40. The first-order valence-electron chi connectivity index (χ1n) is 6.93. The number of methoxy groups -OCH3 is 1. The lowest BCUT2D eigenvalue weighted by atomic mass is 10.2. The van der Waals surface area contributed by atoms with Gasteiger partial charge in [-0.3, -0.25) is 0 Å². The number of ether oxygens (including phenoxy) is 2. The van der Waals surface area contributed by atoms with Gasteiger partial charge in [-0.2, -0.15) is 0 Å². The molecule has 22 heavy (non-hydrogen) atoms. The van der Waals surface area contributed by atoms with Crippen molar-refractivity contribution in [1.29, 1.82) is 0 Å². The maximum Gasteiger partial charge on any atom is 0.179 e. The molecule has 0 aromatic heterocycles. The molecule has 0 bridgehead atoms. The number of halogens is 3. The van der Waals surface area contributed by atoms with E-state index in [0.29, 0.717) is 23.1 Å². The fraction of sp³-hybridized carbons (Fsp3) is 0.600. The molecule has 1 N–H and O–H groups in total. The van der Waals surface area contributed by atoms with Crippen LogP contribution in [0.3, 0.4) is 0 Å². The topological polar surface area (TPSA) is 33.7 Å². The van der Waals surface area contributed by atoms with Gasteiger partial charge < -0.3 is 19.7 Å². The van der Waals surface area contributed by atoms with E-state index < -0.39 is 0 Å². The molecule has 0 saturated carbocycles. The summed E-state index contributed by atoms with van der Waals surface area (Å²) in [5.74, 6) is 1.30. The van der Waals surface area contributed by atoms with Crippen molar-refractivity contribution < 1.29 is 9.47 Å². The number of nitrogens with one attached hydrogen (secondary N) is 1. The number of hydrogen-bond donors (Lipinski definition) is 1. The van der Waals surface area contributed by atoms with E-state index in [2.05, 4.69) is 24.3 Å². The zero-order valence-corrected chi connectivity index (χ0v) is 16.0. The fourth-order valence-corrected chi connectivity index (χ4v) is 2.20. The number of nitrogens with zero attached hydrogens (tertiary/aromatic N) is 1. The Kier molecular flexibility index (Phi) is 14.2. The highest BCUT2D eigenvalue weighted by Gasteiger charge is 2.11. The molecule has 0 atom stereocenters. The van der Waals surface area contributed by atoms with Crippen LogP contribution in [0.25, 0.3) is 0 Å². The number of hydrogen-bond acceptors (Lipinski definition) is 4. The van der Waals surface area contributed by atoms with E-state index in [1.807, 2.05) is 19.1 Å². The molecule has 1 rings (SSSR count). The zero-order chi connectivity index (χ0) is 15.0. The fourth-order valence-electron chi connectivity index (χ4n) is 1.91. The van der Waals surface area contributed by atoms with E-state index in [9.17, 15) is 0 Å². The molecule has 1 aromatic rings. The molecule has 7 heteroatoms. The first kappa shape index (κ1) is 23.9. The van der Waals surface area contributed by atoms with Crippen LogP contribution in [0, 0.1) is 0 Å². The summed E-state index contributed by atoms with van der Waals surface area (Å²) < 4.78 is 10.8. The Morgan fingerprint density at radius 3 is 2.45 bits per heavy atom. The second-order valence-electron chi connectivity index (χ2n) is 4.88. The Morgan fingerprint density at radius 1 is 1.23 bits per heavy atom. The van der Waals surface area contributed by atoms with Crippen LogP contribution >= 0.6 is 36.4 Å². The maximum atomic E-state index is 6.23. The van der Waals surface area contributed by atoms with Crippen molar-refractivity contribution in [2.24, 2.45) is 0 Å². The molecule has 0 aliphatic rings. The second kappa shape index (κ2) is 13.1. The van der Waals surface area contributed by atoms with Crippen molar-refractivity contribution in [3.05, 3.63) is 22.7 Å². The van der Waals surface area contributed by atoms with Crippen LogP contribution in [0.2, 0.25) is 5.02 Å². The third-order valence-corrected chi connectivity index (χ3v) is 3.15. The molecule has 0 unspecified atom stereocenters. The zero-order valence-electron chi connectivity index (χ0n) is 13.6. The molecule has 0 heterocycles. The average molecular weight is 374 g/mol. The van der Waals surface area contributed by atoms with Crippen molar-refractivity contribution in [2.75, 3.05) is 40.9 Å². The van der Waals surface area contributed by atoms with E-state index in [1.165, 1.54) is 0 Å². The summed E-state index contributed by atoms with van der Waals surface area (Å²) >= 11 is 6.23. The highest BCUT2D eigenvalue weighted by atomic mass is 35.5. The van der Waals surface area contributed by atoms with Gasteiger partial charge >= 0.3 is 0 Å². The molecule has 0 spiro atoms. The van der Waals surface area contributed by atoms with E-state index in [-0.39, 0.29) is 24.8 Å². The molecule has 0 amide bonds. The van der Waals surface area contributed by atoms with Crippen LogP contribution < -0.4 is 14.8 Å². The molecule has 1 aromatic carbocycles. The molecule has 0 fully saturated rings. The van der Waals surface area contributed by atoms with Crippen LogP contribution in [0.15, 0.2) is 12.1 Å². The summed E-state index contributed by atoms with van der Waals surface area (Å²) in [6, 6.07) is 3.89. The lowest BCUT2D eigenvalue weighted by molar-refractivity contribution is 0.311. The SMILES string of the molecule is CCOc1c(Cl)cc(CNCCCN(C)C)cc1OC.Cl.Cl. The van der Waals surface area contributed by atoms with Gasteiger partial charge in [-0.25, -0.2) is 0 Å². The van der Waals surface area contributed by atoms with Gasteiger partial charge in [0, 0.05) is 6.54 Å². The molecular weight excluding hydrogens is 347 g/mol. The second-order valence-corrected chi connectivity index (χ2v) is 5.28. The Morgan fingerprint density at radius 2 is 1.91 bits per heavy atom. The highest BCUT2D eigenvalue weighted by Crippen LogP contribution is 2.36. The van der Waals surface area contributed by atoms with Gasteiger partial charge in [-0.05, 0) is 58.2 Å². The Bertz CT molecular complexity index is 418. The third kappa shape index (κ3) is 8.30. The summed E-state index contributed by atoms with van der Waals surface area (Å²) in [7, 11) is 5.79. The highest BCUT2D eigenvalue weighted by molar-refractivity contribution is 6.32. The van der Waals surface area contributed by atoms with E-state index in [0.717, 1.165) is 31.6 Å². The minimum absolute atomic E-state index is 0. The van der Waals surface area contributed by atoms with Crippen molar-refractivity contribution in [3.8, 4) is 11.5 Å². The molecule has 0 saturated heterocycles. The predicted octanol–water partition coefficient (Wildman–Crippen LogP) is 3.63. The van der Waals surface area contributed by atoms with Crippen molar-refractivity contribution >= 4 is 36.4 Å².